The summed E-state index contributed by atoms with van der Waals surface area (Å²) < 4.78 is 32.3. The lowest BCUT2D eigenvalue weighted by molar-refractivity contribution is -0.141. The highest BCUT2D eigenvalue weighted by atomic mass is 35.5. The van der Waals surface area contributed by atoms with Gasteiger partial charge in [-0.1, -0.05) is 91.0 Å². The van der Waals surface area contributed by atoms with Crippen LogP contribution >= 0.6 is 23.2 Å². The van der Waals surface area contributed by atoms with Crippen LogP contribution in [0.25, 0.3) is 0 Å². The van der Waals surface area contributed by atoms with Crippen LogP contribution in [0.15, 0.2) is 72.8 Å². The molecule has 45 heavy (non-hydrogen) atoms. The zero-order valence-electron chi connectivity index (χ0n) is 25.8. The molecule has 242 valence electrons. The van der Waals surface area contributed by atoms with E-state index in [0.29, 0.717) is 33.5 Å². The van der Waals surface area contributed by atoms with Crippen molar-refractivity contribution in [1.82, 2.24) is 10.2 Å². The van der Waals surface area contributed by atoms with Gasteiger partial charge in [-0.15, -0.1) is 0 Å². The summed E-state index contributed by atoms with van der Waals surface area (Å²) in [5.74, 6) is -0.125. The van der Waals surface area contributed by atoms with Gasteiger partial charge in [0.15, 0.2) is 0 Å². The molecule has 1 aliphatic carbocycles. The van der Waals surface area contributed by atoms with Crippen LogP contribution in [0.2, 0.25) is 10.0 Å². The maximum Gasteiger partial charge on any atom is 0.243 e. The minimum atomic E-state index is -3.69. The Hall–Kier alpha value is -3.27. The van der Waals surface area contributed by atoms with E-state index in [1.807, 2.05) is 30.3 Å². The van der Waals surface area contributed by atoms with Crippen molar-refractivity contribution in [3.8, 4) is 5.75 Å². The summed E-state index contributed by atoms with van der Waals surface area (Å²) in [7, 11) is -2.21. The monoisotopic (exact) mass is 673 g/mol. The smallest absolute Gasteiger partial charge is 0.243 e. The molecule has 8 nitrogen and oxygen atoms in total. The highest BCUT2D eigenvalue weighted by Gasteiger charge is 2.33. The molecule has 0 radical (unpaired) electrons. The van der Waals surface area contributed by atoms with Crippen LogP contribution in [-0.2, 0) is 32.6 Å². The van der Waals surface area contributed by atoms with Crippen molar-refractivity contribution in [3.63, 3.8) is 0 Å². The Morgan fingerprint density at radius 2 is 1.58 bits per heavy atom. The molecule has 0 saturated heterocycles. The lowest BCUT2D eigenvalue weighted by Crippen LogP contribution is -2.53. The number of amides is 2. The number of hydrogen-bond donors (Lipinski definition) is 1. The second-order valence-corrected chi connectivity index (χ2v) is 14.1. The highest BCUT2D eigenvalue weighted by molar-refractivity contribution is 7.92. The average molecular weight is 675 g/mol. The van der Waals surface area contributed by atoms with Crippen LogP contribution in [0, 0.1) is 0 Å². The Morgan fingerprint density at radius 1 is 0.933 bits per heavy atom. The average Bonchev–Trinajstić information content (AvgIpc) is 3.02. The summed E-state index contributed by atoms with van der Waals surface area (Å²) in [4.78, 5) is 29.7. The molecule has 3 aromatic carbocycles. The standard InChI is InChI=1S/C34H41Cl2N3O5S/c1-44-32-20-10-9-19-30(32)39(45(2,42)43)22-12-21-33(40)38(24-27-28(35)17-11-18-29(27)36)31(23-25-13-5-3-6-14-25)34(41)37-26-15-7-4-8-16-26/h3,5-6,9-11,13-14,17-20,26,31H,4,7-8,12,15-16,21-24H2,1-2H3,(H,37,41)/t31-/m0/s1. The number of sulfonamides is 1. The van der Waals surface area contributed by atoms with E-state index in [-0.39, 0.29) is 43.8 Å². The molecule has 2 amide bonds. The summed E-state index contributed by atoms with van der Waals surface area (Å²) in [6.07, 6.45) is 6.67. The van der Waals surface area contributed by atoms with Crippen molar-refractivity contribution >= 4 is 50.7 Å². The predicted octanol–water partition coefficient (Wildman–Crippen LogP) is 6.64. The maximum atomic E-state index is 14.2. The van der Waals surface area contributed by atoms with Crippen LogP contribution in [-0.4, -0.2) is 57.1 Å². The number of anilines is 1. The first-order valence-electron chi connectivity index (χ1n) is 15.3. The molecule has 1 atom stereocenters. The molecule has 0 bridgehead atoms. The predicted molar refractivity (Wildman–Crippen MR) is 180 cm³/mol. The number of carbonyl (C=O) groups excluding carboxylic acids is 2. The van der Waals surface area contributed by atoms with Gasteiger partial charge in [-0.25, -0.2) is 8.42 Å². The van der Waals surface area contributed by atoms with E-state index in [0.717, 1.165) is 43.9 Å². The summed E-state index contributed by atoms with van der Waals surface area (Å²) in [5.41, 5.74) is 1.84. The van der Waals surface area contributed by atoms with E-state index in [1.165, 1.54) is 11.4 Å². The number of carbonyl (C=O) groups is 2. The Bertz CT molecular complexity index is 1530. The van der Waals surface area contributed by atoms with Gasteiger partial charge >= 0.3 is 0 Å². The number of benzene rings is 3. The van der Waals surface area contributed by atoms with Gasteiger partial charge < -0.3 is 15.0 Å². The second-order valence-electron chi connectivity index (χ2n) is 11.4. The van der Waals surface area contributed by atoms with Gasteiger partial charge in [-0.2, -0.15) is 0 Å². The molecule has 0 aromatic heterocycles. The quantitative estimate of drug-likeness (QED) is 0.207. The van der Waals surface area contributed by atoms with Gasteiger partial charge in [0.1, 0.15) is 11.8 Å². The van der Waals surface area contributed by atoms with E-state index in [4.69, 9.17) is 27.9 Å². The second kappa shape index (κ2) is 16.3. The van der Waals surface area contributed by atoms with Crippen molar-refractivity contribution < 1.29 is 22.7 Å². The number of halogens is 2. The molecule has 0 spiro atoms. The van der Waals surface area contributed by atoms with E-state index < -0.39 is 16.1 Å². The van der Waals surface area contributed by atoms with E-state index in [1.54, 1.807) is 47.4 Å². The summed E-state index contributed by atoms with van der Waals surface area (Å²) >= 11 is 13.1. The molecule has 0 aliphatic heterocycles. The summed E-state index contributed by atoms with van der Waals surface area (Å²) in [6.45, 7) is 0.0679. The number of rotatable bonds is 14. The van der Waals surface area contributed by atoms with Crippen LogP contribution in [0.3, 0.4) is 0 Å². The van der Waals surface area contributed by atoms with Gasteiger partial charge in [0.05, 0.1) is 19.1 Å². The van der Waals surface area contributed by atoms with Crippen molar-refractivity contribution in [1.29, 1.82) is 0 Å². The number of hydrogen-bond acceptors (Lipinski definition) is 5. The van der Waals surface area contributed by atoms with Gasteiger partial charge in [-0.3, -0.25) is 13.9 Å². The first-order chi connectivity index (χ1) is 21.6. The van der Waals surface area contributed by atoms with E-state index in [2.05, 4.69) is 5.32 Å². The molecule has 1 N–H and O–H groups in total. The topological polar surface area (TPSA) is 96.0 Å². The first-order valence-corrected chi connectivity index (χ1v) is 17.9. The van der Waals surface area contributed by atoms with E-state index >= 15 is 0 Å². The Morgan fingerprint density at radius 3 is 2.22 bits per heavy atom. The SMILES string of the molecule is COc1ccccc1N(CCCC(=O)N(Cc1c(Cl)cccc1Cl)[C@@H](Cc1ccccc1)C(=O)NC1CCCCC1)S(C)(=O)=O. The lowest BCUT2D eigenvalue weighted by Gasteiger charge is -2.34. The third kappa shape index (κ3) is 9.61. The van der Waals surface area contributed by atoms with Gasteiger partial charge in [-0.05, 0) is 49.1 Å². The molecule has 1 fully saturated rings. The molecule has 11 heteroatoms. The normalized spacial score (nSPS) is 14.4. The van der Waals surface area contributed by atoms with Crippen molar-refractivity contribution in [2.45, 2.75) is 70.0 Å². The van der Waals surface area contributed by atoms with Crippen molar-refractivity contribution in [3.05, 3.63) is 94.0 Å². The first kappa shape index (κ1) is 34.6. The van der Waals surface area contributed by atoms with Crippen LogP contribution in [0.4, 0.5) is 5.69 Å². The molecule has 0 unspecified atom stereocenters. The Kier molecular flexibility index (Phi) is 12.6. The van der Waals surface area contributed by atoms with Crippen molar-refractivity contribution in [2.24, 2.45) is 0 Å². The highest BCUT2D eigenvalue weighted by Crippen LogP contribution is 2.31. The largest absolute Gasteiger partial charge is 0.495 e. The zero-order chi connectivity index (χ0) is 32.4. The summed E-state index contributed by atoms with van der Waals surface area (Å²) in [5, 5.41) is 4.01. The lowest BCUT2D eigenvalue weighted by atomic mass is 9.94. The fourth-order valence-electron chi connectivity index (χ4n) is 5.77. The van der Waals surface area contributed by atoms with Gasteiger partial charge in [0, 0.05) is 47.6 Å². The molecule has 4 rings (SSSR count). The number of nitrogens with zero attached hydrogens (tertiary/aromatic N) is 2. The van der Waals surface area contributed by atoms with Crippen molar-refractivity contribution in [2.75, 3.05) is 24.2 Å². The number of para-hydroxylation sites is 2. The molecule has 0 heterocycles. The third-order valence-corrected chi connectivity index (χ3v) is 10.0. The van der Waals surface area contributed by atoms with Crippen LogP contribution < -0.4 is 14.4 Å². The Labute approximate surface area is 276 Å². The summed E-state index contributed by atoms with van der Waals surface area (Å²) in [6, 6.07) is 20.8. The van der Waals surface area contributed by atoms with Crippen LogP contribution in [0.1, 0.15) is 56.1 Å². The van der Waals surface area contributed by atoms with Crippen LogP contribution in [0.5, 0.6) is 5.75 Å². The number of ether oxygens (including phenoxy) is 1. The number of methoxy groups -OCH3 is 1. The molecular formula is C34H41Cl2N3O5S. The minimum Gasteiger partial charge on any atom is -0.495 e. The fourth-order valence-corrected chi connectivity index (χ4v) is 7.26. The van der Waals surface area contributed by atoms with Gasteiger partial charge in [0.2, 0.25) is 21.8 Å². The number of nitrogens with one attached hydrogen (secondary N) is 1. The zero-order valence-corrected chi connectivity index (χ0v) is 28.1. The van der Waals surface area contributed by atoms with E-state index in [9.17, 15) is 18.0 Å². The third-order valence-electron chi connectivity index (χ3n) is 8.12. The Balaban J connectivity index is 1.63. The molecular weight excluding hydrogens is 633 g/mol. The molecule has 3 aromatic rings. The van der Waals surface area contributed by atoms with Gasteiger partial charge in [0.25, 0.3) is 0 Å². The molecule has 1 saturated carbocycles. The molecule has 1 aliphatic rings. The minimum absolute atomic E-state index is 0.00869. The fraction of sp³-hybridized carbons (Fsp3) is 0.412. The maximum absolute atomic E-state index is 14.2.